The van der Waals surface area contributed by atoms with Gasteiger partial charge in [-0.25, -0.2) is 4.98 Å². The van der Waals surface area contributed by atoms with Crippen LogP contribution in [-0.2, 0) is 0 Å². The molecule has 106 valence electrons. The minimum Gasteiger partial charge on any atom is -0.351 e. The molecule has 3 fully saturated rings. The van der Waals surface area contributed by atoms with Crippen LogP contribution in [0.2, 0.25) is 0 Å². The summed E-state index contributed by atoms with van der Waals surface area (Å²) in [6.07, 6.45) is 8.46. The summed E-state index contributed by atoms with van der Waals surface area (Å²) in [5.41, 5.74) is 6.88. The van der Waals surface area contributed by atoms with Crippen LogP contribution in [0.15, 0.2) is 18.3 Å². The number of carbonyl (C=O) groups excluding carboxylic acids is 1. The SMILES string of the molecule is NC1CC2CCC(C1)N2c1ccc(C(=O)C2CC2)cn1. The van der Waals surface area contributed by atoms with E-state index in [0.29, 0.717) is 18.1 Å². The Morgan fingerprint density at radius 2 is 1.85 bits per heavy atom. The fourth-order valence-electron chi connectivity index (χ4n) is 3.86. The maximum absolute atomic E-state index is 12.0. The molecule has 20 heavy (non-hydrogen) atoms. The first-order valence-electron chi connectivity index (χ1n) is 7.76. The molecular weight excluding hydrogens is 250 g/mol. The zero-order chi connectivity index (χ0) is 13.7. The predicted octanol–water partition coefficient (Wildman–Crippen LogP) is 2.13. The summed E-state index contributed by atoms with van der Waals surface area (Å²) in [6, 6.07) is 5.41. The molecule has 1 aliphatic carbocycles. The van der Waals surface area contributed by atoms with Crippen LogP contribution in [0.1, 0.15) is 48.9 Å². The van der Waals surface area contributed by atoms with E-state index < -0.39 is 0 Å². The Bertz CT molecular complexity index is 509. The molecule has 1 aromatic rings. The lowest BCUT2D eigenvalue weighted by Gasteiger charge is -2.38. The minimum atomic E-state index is 0.270. The first-order chi connectivity index (χ1) is 9.72. The standard InChI is InChI=1S/C16H21N3O/c17-12-7-13-4-5-14(8-12)19(13)15-6-3-11(9-18-15)16(20)10-1-2-10/h3,6,9-10,12-14H,1-2,4-5,7-8,17H2. The van der Waals surface area contributed by atoms with E-state index in [1.54, 1.807) is 6.20 Å². The fourth-order valence-corrected chi connectivity index (χ4v) is 3.86. The van der Waals surface area contributed by atoms with Crippen LogP contribution in [0.3, 0.4) is 0 Å². The predicted molar refractivity (Wildman–Crippen MR) is 77.8 cm³/mol. The van der Waals surface area contributed by atoms with Gasteiger partial charge in [-0.2, -0.15) is 0 Å². The van der Waals surface area contributed by atoms with E-state index in [1.165, 1.54) is 12.8 Å². The van der Waals surface area contributed by atoms with Crippen molar-refractivity contribution < 1.29 is 4.79 Å². The minimum absolute atomic E-state index is 0.270. The highest BCUT2D eigenvalue weighted by Crippen LogP contribution is 2.38. The van der Waals surface area contributed by atoms with Gasteiger partial charge in [0, 0.05) is 35.8 Å². The topological polar surface area (TPSA) is 59.2 Å². The number of nitrogens with two attached hydrogens (primary N) is 1. The molecule has 0 radical (unpaired) electrons. The van der Waals surface area contributed by atoms with Crippen molar-refractivity contribution in [3.8, 4) is 0 Å². The number of nitrogens with zero attached hydrogens (tertiary/aromatic N) is 2. The van der Waals surface area contributed by atoms with Crippen LogP contribution in [-0.4, -0.2) is 28.9 Å². The molecular formula is C16H21N3O. The maximum Gasteiger partial charge on any atom is 0.167 e. The first-order valence-corrected chi connectivity index (χ1v) is 7.76. The van der Waals surface area contributed by atoms with E-state index in [0.717, 1.165) is 37.1 Å². The molecule has 4 rings (SSSR count). The van der Waals surface area contributed by atoms with Gasteiger partial charge in [0.15, 0.2) is 5.78 Å². The first kappa shape index (κ1) is 12.3. The third-order valence-electron chi connectivity index (χ3n) is 5.01. The Hall–Kier alpha value is -1.42. The third-order valence-corrected chi connectivity index (χ3v) is 5.01. The Kier molecular flexibility index (Phi) is 2.81. The van der Waals surface area contributed by atoms with E-state index >= 15 is 0 Å². The zero-order valence-electron chi connectivity index (χ0n) is 11.7. The van der Waals surface area contributed by atoms with Gasteiger partial charge in [0.2, 0.25) is 0 Å². The number of ketones is 1. The Balaban J connectivity index is 1.55. The van der Waals surface area contributed by atoms with Crippen molar-refractivity contribution in [3.63, 3.8) is 0 Å². The Morgan fingerprint density at radius 3 is 2.40 bits per heavy atom. The lowest BCUT2D eigenvalue weighted by atomic mass is 9.98. The number of hydrogen-bond donors (Lipinski definition) is 1. The average Bonchev–Trinajstić information content (AvgIpc) is 3.25. The van der Waals surface area contributed by atoms with Gasteiger partial charge >= 0.3 is 0 Å². The molecule has 2 aliphatic heterocycles. The van der Waals surface area contributed by atoms with Gasteiger partial charge in [-0.05, 0) is 50.7 Å². The Labute approximate surface area is 119 Å². The molecule has 3 aliphatic rings. The maximum atomic E-state index is 12.0. The molecule has 0 spiro atoms. The summed E-state index contributed by atoms with van der Waals surface area (Å²) in [4.78, 5) is 19.0. The van der Waals surface area contributed by atoms with Crippen molar-refractivity contribution >= 4 is 11.6 Å². The van der Waals surface area contributed by atoms with Crippen LogP contribution < -0.4 is 10.6 Å². The van der Waals surface area contributed by atoms with E-state index in [2.05, 4.69) is 9.88 Å². The van der Waals surface area contributed by atoms with Gasteiger partial charge in [0.05, 0.1) is 0 Å². The second-order valence-corrected chi connectivity index (χ2v) is 6.57. The molecule has 4 nitrogen and oxygen atoms in total. The van der Waals surface area contributed by atoms with Gasteiger partial charge in [0.25, 0.3) is 0 Å². The smallest absolute Gasteiger partial charge is 0.167 e. The molecule has 1 saturated carbocycles. The van der Waals surface area contributed by atoms with Crippen molar-refractivity contribution in [1.29, 1.82) is 0 Å². The monoisotopic (exact) mass is 271 g/mol. The number of aromatic nitrogens is 1. The molecule has 3 heterocycles. The van der Waals surface area contributed by atoms with Crippen LogP contribution in [0.5, 0.6) is 0 Å². The highest BCUT2D eigenvalue weighted by molar-refractivity contribution is 5.99. The number of fused-ring (bicyclic) bond motifs is 2. The molecule has 2 saturated heterocycles. The zero-order valence-corrected chi connectivity index (χ0v) is 11.7. The van der Waals surface area contributed by atoms with Gasteiger partial charge < -0.3 is 10.6 Å². The lowest BCUT2D eigenvalue weighted by molar-refractivity contribution is 0.0967. The number of rotatable bonds is 3. The van der Waals surface area contributed by atoms with Crippen molar-refractivity contribution in [2.24, 2.45) is 11.7 Å². The summed E-state index contributed by atoms with van der Waals surface area (Å²) < 4.78 is 0. The largest absolute Gasteiger partial charge is 0.351 e. The Morgan fingerprint density at radius 1 is 1.15 bits per heavy atom. The van der Waals surface area contributed by atoms with Crippen LogP contribution in [0, 0.1) is 5.92 Å². The number of carbonyl (C=O) groups is 1. The molecule has 0 amide bonds. The second kappa shape index (κ2) is 4.55. The fraction of sp³-hybridized carbons (Fsp3) is 0.625. The molecule has 1 aromatic heterocycles. The summed E-state index contributed by atoms with van der Waals surface area (Å²) in [6.45, 7) is 0. The van der Waals surface area contributed by atoms with E-state index in [-0.39, 0.29) is 11.7 Å². The second-order valence-electron chi connectivity index (χ2n) is 6.57. The highest BCUT2D eigenvalue weighted by atomic mass is 16.1. The van der Waals surface area contributed by atoms with Crippen molar-refractivity contribution in [3.05, 3.63) is 23.9 Å². The number of piperidine rings is 1. The van der Waals surface area contributed by atoms with Crippen molar-refractivity contribution in [2.75, 3.05) is 4.90 Å². The van der Waals surface area contributed by atoms with Crippen LogP contribution in [0.25, 0.3) is 0 Å². The number of hydrogen-bond acceptors (Lipinski definition) is 4. The van der Waals surface area contributed by atoms with E-state index in [9.17, 15) is 4.79 Å². The molecule has 0 aromatic carbocycles. The quantitative estimate of drug-likeness (QED) is 0.856. The molecule has 2 unspecified atom stereocenters. The van der Waals surface area contributed by atoms with E-state index in [1.807, 2.05) is 12.1 Å². The molecule has 2 bridgehead atoms. The van der Waals surface area contributed by atoms with Crippen LogP contribution in [0.4, 0.5) is 5.82 Å². The van der Waals surface area contributed by atoms with Crippen molar-refractivity contribution in [1.82, 2.24) is 4.98 Å². The molecule has 2 N–H and O–H groups in total. The van der Waals surface area contributed by atoms with E-state index in [4.69, 9.17) is 5.73 Å². The summed E-state index contributed by atoms with van der Waals surface area (Å²) in [5, 5.41) is 0. The summed E-state index contributed by atoms with van der Waals surface area (Å²) in [5.74, 6) is 1.57. The molecule has 2 atom stereocenters. The summed E-state index contributed by atoms with van der Waals surface area (Å²) >= 11 is 0. The van der Waals surface area contributed by atoms with Crippen molar-refractivity contribution in [2.45, 2.75) is 56.7 Å². The van der Waals surface area contributed by atoms with Gasteiger partial charge in [-0.3, -0.25) is 4.79 Å². The average molecular weight is 271 g/mol. The van der Waals surface area contributed by atoms with Gasteiger partial charge in [-0.15, -0.1) is 0 Å². The number of pyridine rings is 1. The van der Waals surface area contributed by atoms with Gasteiger partial charge in [0.1, 0.15) is 5.82 Å². The highest BCUT2D eigenvalue weighted by Gasteiger charge is 2.40. The third kappa shape index (κ3) is 2.03. The number of anilines is 1. The van der Waals surface area contributed by atoms with Gasteiger partial charge in [-0.1, -0.05) is 0 Å². The summed E-state index contributed by atoms with van der Waals surface area (Å²) in [7, 11) is 0. The normalized spacial score (nSPS) is 32.5. The van der Waals surface area contributed by atoms with Crippen LogP contribution >= 0.6 is 0 Å². The lowest BCUT2D eigenvalue weighted by Crippen LogP contribution is -2.47. The molecule has 4 heteroatoms. The number of Topliss-reactive ketones (excluding diaryl/α,β-unsaturated/α-hetero) is 1.